The molecular formula is C30H32N6O2. The number of hydrogen-bond acceptors (Lipinski definition) is 6. The predicted octanol–water partition coefficient (Wildman–Crippen LogP) is 4.60. The third-order valence-corrected chi connectivity index (χ3v) is 6.87. The van der Waals surface area contributed by atoms with Crippen LogP contribution in [-0.2, 0) is 4.79 Å². The second-order valence-corrected chi connectivity index (χ2v) is 9.71. The number of nitrogen functional groups attached to an aromatic ring is 1. The van der Waals surface area contributed by atoms with Crippen LogP contribution in [0.1, 0.15) is 38.4 Å². The summed E-state index contributed by atoms with van der Waals surface area (Å²) in [6, 6.07) is 17.7. The van der Waals surface area contributed by atoms with Crippen molar-refractivity contribution in [3.63, 3.8) is 0 Å². The lowest BCUT2D eigenvalue weighted by Gasteiger charge is -2.29. The van der Waals surface area contributed by atoms with E-state index in [1.165, 1.54) is 6.33 Å². The van der Waals surface area contributed by atoms with Crippen molar-refractivity contribution in [3.05, 3.63) is 66.6 Å². The fourth-order valence-corrected chi connectivity index (χ4v) is 4.95. The number of likely N-dealkylation sites (tertiary alicyclic amines) is 1. The highest BCUT2D eigenvalue weighted by Crippen LogP contribution is 2.39. The molecular weight excluding hydrogens is 476 g/mol. The van der Waals surface area contributed by atoms with Gasteiger partial charge in [0.15, 0.2) is 0 Å². The van der Waals surface area contributed by atoms with E-state index in [0.717, 1.165) is 52.2 Å². The molecule has 2 aromatic carbocycles. The third-order valence-electron chi connectivity index (χ3n) is 6.87. The van der Waals surface area contributed by atoms with Crippen LogP contribution in [0.3, 0.4) is 0 Å². The van der Waals surface area contributed by atoms with Crippen molar-refractivity contribution in [2.24, 2.45) is 11.7 Å². The molecule has 0 unspecified atom stereocenters. The molecule has 0 saturated carbocycles. The fourth-order valence-electron chi connectivity index (χ4n) is 4.95. The van der Waals surface area contributed by atoms with Crippen LogP contribution in [0.2, 0.25) is 0 Å². The Hall–Kier alpha value is -4.35. The van der Waals surface area contributed by atoms with Crippen LogP contribution < -0.4 is 16.2 Å². The van der Waals surface area contributed by atoms with Gasteiger partial charge in [0, 0.05) is 30.6 Å². The number of fused-ring (bicyclic) bond motifs is 1. The smallest absolute Gasteiger partial charge is 0.236 e. The van der Waals surface area contributed by atoms with E-state index < -0.39 is 0 Å². The minimum Gasteiger partial charge on any atom is -0.457 e. The maximum Gasteiger partial charge on any atom is 0.236 e. The molecule has 0 spiro atoms. The Morgan fingerprint density at radius 2 is 1.74 bits per heavy atom. The third kappa shape index (κ3) is 5.06. The van der Waals surface area contributed by atoms with Gasteiger partial charge in [0.05, 0.1) is 11.9 Å². The number of para-hydroxylation sites is 1. The number of nitrogens with two attached hydrogens (primary N) is 2. The van der Waals surface area contributed by atoms with Crippen LogP contribution in [0.25, 0.3) is 22.2 Å². The SMILES string of the molecule is CC(C)n1c(C#CC2CCN(C(=O)CN)CC2)c(-c2ccc(Oc3ccccc3)cc2)c2c(N)ncnc21. The summed E-state index contributed by atoms with van der Waals surface area (Å²) in [6.07, 6.45) is 3.14. The van der Waals surface area contributed by atoms with E-state index in [9.17, 15) is 4.79 Å². The first-order valence-electron chi connectivity index (χ1n) is 12.9. The number of aromatic nitrogens is 3. The van der Waals surface area contributed by atoms with Crippen LogP contribution in [-0.4, -0.2) is 45.0 Å². The molecule has 194 valence electrons. The van der Waals surface area contributed by atoms with E-state index in [1.807, 2.05) is 59.5 Å². The zero-order chi connectivity index (χ0) is 26.6. The quantitative estimate of drug-likeness (QED) is 0.381. The van der Waals surface area contributed by atoms with Gasteiger partial charge in [-0.3, -0.25) is 4.79 Å². The molecule has 1 aliphatic rings. The van der Waals surface area contributed by atoms with Crippen LogP contribution in [0.15, 0.2) is 60.9 Å². The first kappa shape index (κ1) is 25.3. The maximum absolute atomic E-state index is 12.0. The molecule has 2 aromatic heterocycles. The molecule has 0 aliphatic carbocycles. The minimum atomic E-state index is -0.00707. The number of amides is 1. The van der Waals surface area contributed by atoms with Gasteiger partial charge in [0.1, 0.15) is 35.0 Å². The van der Waals surface area contributed by atoms with Gasteiger partial charge in [0.2, 0.25) is 5.91 Å². The van der Waals surface area contributed by atoms with Crippen molar-refractivity contribution in [1.82, 2.24) is 19.4 Å². The van der Waals surface area contributed by atoms with Crippen LogP contribution in [0, 0.1) is 17.8 Å². The Morgan fingerprint density at radius 3 is 2.39 bits per heavy atom. The molecule has 4 N–H and O–H groups in total. The van der Waals surface area contributed by atoms with E-state index in [4.69, 9.17) is 16.2 Å². The normalized spacial score (nSPS) is 13.9. The largest absolute Gasteiger partial charge is 0.457 e. The average Bonchev–Trinajstić information content (AvgIpc) is 3.28. The Bertz CT molecular complexity index is 1490. The van der Waals surface area contributed by atoms with Gasteiger partial charge in [-0.15, -0.1) is 0 Å². The first-order valence-corrected chi connectivity index (χ1v) is 12.9. The molecule has 0 bridgehead atoms. The van der Waals surface area contributed by atoms with Gasteiger partial charge >= 0.3 is 0 Å². The summed E-state index contributed by atoms with van der Waals surface area (Å²) in [5.74, 6) is 9.10. The average molecular weight is 509 g/mol. The molecule has 3 heterocycles. The summed E-state index contributed by atoms with van der Waals surface area (Å²) in [5.41, 5.74) is 15.5. The molecule has 1 fully saturated rings. The van der Waals surface area contributed by atoms with Crippen molar-refractivity contribution in [2.75, 3.05) is 25.4 Å². The van der Waals surface area contributed by atoms with Gasteiger partial charge in [-0.25, -0.2) is 9.97 Å². The van der Waals surface area contributed by atoms with Gasteiger partial charge in [0.25, 0.3) is 0 Å². The van der Waals surface area contributed by atoms with Crippen molar-refractivity contribution < 1.29 is 9.53 Å². The molecule has 1 saturated heterocycles. The Labute approximate surface area is 222 Å². The monoisotopic (exact) mass is 508 g/mol. The topological polar surface area (TPSA) is 112 Å². The summed E-state index contributed by atoms with van der Waals surface area (Å²) < 4.78 is 8.13. The fraction of sp³-hybridized carbons (Fsp3) is 0.300. The molecule has 8 nitrogen and oxygen atoms in total. The summed E-state index contributed by atoms with van der Waals surface area (Å²) in [7, 11) is 0. The number of anilines is 1. The summed E-state index contributed by atoms with van der Waals surface area (Å²) in [6.45, 7) is 5.63. The number of piperidine rings is 1. The number of carbonyl (C=O) groups excluding carboxylic acids is 1. The molecule has 4 aromatic rings. The van der Waals surface area contributed by atoms with E-state index >= 15 is 0 Å². The molecule has 1 aliphatic heterocycles. The molecule has 38 heavy (non-hydrogen) atoms. The lowest BCUT2D eigenvalue weighted by Crippen LogP contribution is -2.41. The Morgan fingerprint density at radius 1 is 1.05 bits per heavy atom. The highest BCUT2D eigenvalue weighted by Gasteiger charge is 2.24. The van der Waals surface area contributed by atoms with E-state index in [-0.39, 0.29) is 24.4 Å². The number of rotatable bonds is 5. The highest BCUT2D eigenvalue weighted by atomic mass is 16.5. The van der Waals surface area contributed by atoms with Gasteiger partial charge in [-0.1, -0.05) is 36.3 Å². The predicted molar refractivity (Wildman–Crippen MR) is 150 cm³/mol. The van der Waals surface area contributed by atoms with E-state index in [1.54, 1.807) is 0 Å². The first-order chi connectivity index (χ1) is 18.5. The zero-order valence-electron chi connectivity index (χ0n) is 21.7. The molecule has 0 atom stereocenters. The number of ether oxygens (including phenoxy) is 1. The number of benzene rings is 2. The standard InChI is InChI=1S/C30H32N6O2/c1-20(2)36-25(13-8-21-14-16-35(17-15-21)26(37)18-31)27(28-29(32)33-19-34-30(28)36)22-9-11-24(12-10-22)38-23-6-4-3-5-7-23/h3-7,9-12,19-21H,14-18,31H2,1-2H3,(H2,32,33,34). The molecule has 1 amide bonds. The van der Waals surface area contributed by atoms with Gasteiger partial charge in [-0.05, 0) is 62.4 Å². The Kier molecular flexibility index (Phi) is 7.29. The van der Waals surface area contributed by atoms with Crippen LogP contribution in [0.5, 0.6) is 11.5 Å². The maximum atomic E-state index is 12.0. The van der Waals surface area contributed by atoms with E-state index in [2.05, 4.69) is 40.2 Å². The van der Waals surface area contributed by atoms with Crippen molar-refractivity contribution in [1.29, 1.82) is 0 Å². The van der Waals surface area contributed by atoms with Gasteiger partial charge < -0.3 is 25.7 Å². The van der Waals surface area contributed by atoms with Crippen molar-refractivity contribution >= 4 is 22.8 Å². The highest BCUT2D eigenvalue weighted by molar-refractivity contribution is 6.03. The number of nitrogens with zero attached hydrogens (tertiary/aromatic N) is 4. The molecule has 5 rings (SSSR count). The van der Waals surface area contributed by atoms with Gasteiger partial charge in [-0.2, -0.15) is 0 Å². The second kappa shape index (κ2) is 11.0. The second-order valence-electron chi connectivity index (χ2n) is 9.71. The molecule has 8 heteroatoms. The molecule has 0 radical (unpaired) electrons. The Balaban J connectivity index is 1.54. The van der Waals surface area contributed by atoms with E-state index in [0.29, 0.717) is 18.9 Å². The number of carbonyl (C=O) groups is 1. The minimum absolute atomic E-state index is 0.00707. The summed E-state index contributed by atoms with van der Waals surface area (Å²) in [5, 5.41) is 0.797. The summed E-state index contributed by atoms with van der Waals surface area (Å²) in [4.78, 5) is 22.7. The summed E-state index contributed by atoms with van der Waals surface area (Å²) >= 11 is 0. The lowest BCUT2D eigenvalue weighted by atomic mass is 9.96. The van der Waals surface area contributed by atoms with Crippen LogP contribution >= 0.6 is 0 Å². The zero-order valence-corrected chi connectivity index (χ0v) is 21.7. The van der Waals surface area contributed by atoms with Crippen molar-refractivity contribution in [3.8, 4) is 34.5 Å². The number of hydrogen-bond donors (Lipinski definition) is 2. The lowest BCUT2D eigenvalue weighted by molar-refractivity contribution is -0.130. The van der Waals surface area contributed by atoms with Crippen LogP contribution in [0.4, 0.5) is 5.82 Å². The van der Waals surface area contributed by atoms with Crippen molar-refractivity contribution in [2.45, 2.75) is 32.7 Å².